The molecule has 0 saturated carbocycles. The number of anilines is 1. The maximum absolute atomic E-state index is 13.7. The van der Waals surface area contributed by atoms with Crippen molar-refractivity contribution in [2.24, 2.45) is 5.73 Å². The Bertz CT molecular complexity index is 887. The zero-order valence-corrected chi connectivity index (χ0v) is 15.9. The second-order valence-corrected chi connectivity index (χ2v) is 7.84. The number of benzene rings is 2. The fraction of sp³-hybridized carbons (Fsp3) is 0.316. The van der Waals surface area contributed by atoms with Crippen molar-refractivity contribution >= 4 is 21.6 Å². The summed E-state index contributed by atoms with van der Waals surface area (Å²) in [6.07, 6.45) is 2.68. The Balaban J connectivity index is 2.18. The van der Waals surface area contributed by atoms with Crippen LogP contribution in [0.2, 0.25) is 0 Å². The van der Waals surface area contributed by atoms with Crippen LogP contribution in [0, 0.1) is 5.82 Å². The van der Waals surface area contributed by atoms with Crippen LogP contribution in [0.5, 0.6) is 0 Å². The Labute approximate surface area is 159 Å². The molecule has 0 aliphatic rings. The van der Waals surface area contributed by atoms with Crippen molar-refractivity contribution < 1.29 is 17.6 Å². The van der Waals surface area contributed by atoms with Crippen LogP contribution in [0.4, 0.5) is 10.1 Å². The normalized spacial score (nSPS) is 12.4. The van der Waals surface area contributed by atoms with Gasteiger partial charge in [0.2, 0.25) is 0 Å². The third-order valence-electron chi connectivity index (χ3n) is 4.05. The van der Waals surface area contributed by atoms with E-state index in [-0.39, 0.29) is 22.2 Å². The van der Waals surface area contributed by atoms with Gasteiger partial charge in [0.25, 0.3) is 15.9 Å². The largest absolute Gasteiger partial charge is 0.348 e. The van der Waals surface area contributed by atoms with Gasteiger partial charge in [-0.25, -0.2) is 12.8 Å². The Morgan fingerprint density at radius 1 is 1.19 bits per heavy atom. The Morgan fingerprint density at radius 3 is 2.59 bits per heavy atom. The van der Waals surface area contributed by atoms with Crippen molar-refractivity contribution in [3.05, 3.63) is 59.9 Å². The number of carbonyl (C=O) groups excluding carboxylic acids is 1. The zero-order chi connectivity index (χ0) is 19.9. The van der Waals surface area contributed by atoms with Crippen LogP contribution in [0.3, 0.4) is 0 Å². The highest BCUT2D eigenvalue weighted by Crippen LogP contribution is 2.19. The summed E-state index contributed by atoms with van der Waals surface area (Å²) < 4.78 is 41.0. The highest BCUT2D eigenvalue weighted by molar-refractivity contribution is 7.92. The summed E-state index contributed by atoms with van der Waals surface area (Å²) in [6.45, 7) is 2.35. The van der Waals surface area contributed by atoms with Crippen LogP contribution in [0.25, 0.3) is 0 Å². The molecule has 146 valence electrons. The third kappa shape index (κ3) is 5.77. The van der Waals surface area contributed by atoms with Crippen molar-refractivity contribution in [1.82, 2.24) is 5.32 Å². The Morgan fingerprint density at radius 2 is 1.93 bits per heavy atom. The van der Waals surface area contributed by atoms with Gasteiger partial charge < -0.3 is 11.1 Å². The lowest BCUT2D eigenvalue weighted by Gasteiger charge is -2.17. The van der Waals surface area contributed by atoms with E-state index in [0.29, 0.717) is 6.54 Å². The number of halogens is 1. The fourth-order valence-corrected chi connectivity index (χ4v) is 3.63. The van der Waals surface area contributed by atoms with Gasteiger partial charge in [0.15, 0.2) is 0 Å². The molecule has 0 bridgehead atoms. The number of amides is 1. The molecule has 2 rings (SSSR count). The van der Waals surface area contributed by atoms with Gasteiger partial charge in [-0.15, -0.1) is 0 Å². The maximum atomic E-state index is 13.7. The van der Waals surface area contributed by atoms with Crippen LogP contribution in [-0.2, 0) is 10.0 Å². The molecule has 0 aliphatic heterocycles. The quantitative estimate of drug-likeness (QED) is 0.610. The van der Waals surface area contributed by atoms with Crippen LogP contribution < -0.4 is 15.8 Å². The summed E-state index contributed by atoms with van der Waals surface area (Å²) in [5, 5.41) is 2.82. The van der Waals surface area contributed by atoms with Crippen LogP contribution >= 0.6 is 0 Å². The molecule has 0 spiro atoms. The molecule has 0 fully saturated rings. The van der Waals surface area contributed by atoms with E-state index in [0.717, 1.165) is 25.3 Å². The molecule has 1 amide bonds. The maximum Gasteiger partial charge on any atom is 0.262 e. The first kappa shape index (κ1) is 20.9. The van der Waals surface area contributed by atoms with E-state index in [9.17, 15) is 17.6 Å². The predicted octanol–water partition coefficient (Wildman–Crippen LogP) is 2.87. The molecule has 8 heteroatoms. The minimum absolute atomic E-state index is 0.128. The smallest absolute Gasteiger partial charge is 0.262 e. The van der Waals surface area contributed by atoms with Crippen molar-refractivity contribution in [3.63, 3.8) is 0 Å². The molecule has 27 heavy (non-hydrogen) atoms. The minimum atomic E-state index is -4.03. The van der Waals surface area contributed by atoms with E-state index in [1.807, 2.05) is 6.92 Å². The summed E-state index contributed by atoms with van der Waals surface area (Å²) in [6, 6.07) is 10.9. The number of nitrogens with two attached hydrogens (primary N) is 1. The molecule has 0 aromatic heterocycles. The molecule has 6 nitrogen and oxygen atoms in total. The topological polar surface area (TPSA) is 101 Å². The number of hydrogen-bond acceptors (Lipinski definition) is 4. The average Bonchev–Trinajstić information content (AvgIpc) is 2.66. The van der Waals surface area contributed by atoms with Gasteiger partial charge in [0.05, 0.1) is 10.6 Å². The number of para-hydroxylation sites is 1. The lowest BCUT2D eigenvalue weighted by molar-refractivity contribution is 0.0935. The Hall–Kier alpha value is -2.45. The van der Waals surface area contributed by atoms with E-state index >= 15 is 0 Å². The molecule has 0 saturated heterocycles. The highest BCUT2D eigenvalue weighted by Gasteiger charge is 2.19. The second-order valence-electron chi connectivity index (χ2n) is 6.16. The molecule has 1 atom stereocenters. The number of rotatable bonds is 9. The third-order valence-corrected chi connectivity index (χ3v) is 5.41. The number of nitrogens with one attached hydrogen (secondary N) is 2. The first-order valence-electron chi connectivity index (χ1n) is 8.75. The van der Waals surface area contributed by atoms with Gasteiger partial charge in [-0.05, 0) is 36.8 Å². The number of sulfonamides is 1. The van der Waals surface area contributed by atoms with Crippen molar-refractivity contribution in [1.29, 1.82) is 0 Å². The SMILES string of the molecule is CCCCC(CN)NC(=O)c1cccc(S(=O)(=O)Nc2ccccc2F)c1. The van der Waals surface area contributed by atoms with E-state index < -0.39 is 21.7 Å². The number of carbonyl (C=O) groups is 1. The first-order valence-corrected chi connectivity index (χ1v) is 10.2. The first-order chi connectivity index (χ1) is 12.9. The molecular formula is C19H24FN3O3S. The molecule has 2 aromatic rings. The number of unbranched alkanes of at least 4 members (excludes halogenated alkanes) is 1. The molecule has 2 aromatic carbocycles. The molecule has 0 radical (unpaired) electrons. The second kappa shape index (κ2) is 9.48. The summed E-state index contributed by atoms with van der Waals surface area (Å²) in [5.74, 6) is -1.08. The zero-order valence-electron chi connectivity index (χ0n) is 15.1. The van der Waals surface area contributed by atoms with Crippen molar-refractivity contribution in [2.75, 3.05) is 11.3 Å². The molecule has 4 N–H and O–H groups in total. The molecule has 0 aliphatic carbocycles. The van der Waals surface area contributed by atoms with Gasteiger partial charge in [-0.1, -0.05) is 38.0 Å². The van der Waals surface area contributed by atoms with E-state index in [4.69, 9.17) is 5.73 Å². The van der Waals surface area contributed by atoms with E-state index in [1.54, 1.807) is 0 Å². The molecule has 0 heterocycles. The van der Waals surface area contributed by atoms with Crippen LogP contribution in [0.1, 0.15) is 36.5 Å². The van der Waals surface area contributed by atoms with E-state index in [2.05, 4.69) is 10.0 Å². The summed E-state index contributed by atoms with van der Waals surface area (Å²) in [4.78, 5) is 12.3. The summed E-state index contributed by atoms with van der Waals surface area (Å²) in [7, 11) is -4.03. The average molecular weight is 393 g/mol. The van der Waals surface area contributed by atoms with Crippen molar-refractivity contribution in [3.8, 4) is 0 Å². The number of hydrogen-bond donors (Lipinski definition) is 3. The van der Waals surface area contributed by atoms with E-state index in [1.165, 1.54) is 42.5 Å². The minimum Gasteiger partial charge on any atom is -0.348 e. The lowest BCUT2D eigenvalue weighted by atomic mass is 10.1. The standard InChI is InChI=1S/C19H24FN3O3S/c1-2-3-8-15(13-21)22-19(24)14-7-6-9-16(12-14)27(25,26)23-18-11-5-4-10-17(18)20/h4-7,9-12,15,23H,2-3,8,13,21H2,1H3,(H,22,24). The molecule has 1 unspecified atom stereocenters. The van der Waals surface area contributed by atoms with Crippen LogP contribution in [-0.4, -0.2) is 26.9 Å². The van der Waals surface area contributed by atoms with Gasteiger partial charge in [-0.2, -0.15) is 0 Å². The highest BCUT2D eigenvalue weighted by atomic mass is 32.2. The van der Waals surface area contributed by atoms with Gasteiger partial charge in [0, 0.05) is 18.2 Å². The Kier molecular flexibility index (Phi) is 7.32. The monoisotopic (exact) mass is 393 g/mol. The van der Waals surface area contributed by atoms with Gasteiger partial charge in [-0.3, -0.25) is 9.52 Å². The predicted molar refractivity (Wildman–Crippen MR) is 103 cm³/mol. The van der Waals surface area contributed by atoms with Crippen molar-refractivity contribution in [2.45, 2.75) is 37.1 Å². The fourth-order valence-electron chi connectivity index (χ4n) is 2.52. The summed E-state index contributed by atoms with van der Waals surface area (Å²) >= 11 is 0. The lowest BCUT2D eigenvalue weighted by Crippen LogP contribution is -2.40. The van der Waals surface area contributed by atoms with Crippen LogP contribution in [0.15, 0.2) is 53.4 Å². The summed E-state index contributed by atoms with van der Waals surface area (Å²) in [5.41, 5.74) is 5.72. The van der Waals surface area contributed by atoms with Gasteiger partial charge in [0.1, 0.15) is 5.82 Å². The molecular weight excluding hydrogens is 369 g/mol. The van der Waals surface area contributed by atoms with Gasteiger partial charge >= 0.3 is 0 Å².